The summed E-state index contributed by atoms with van der Waals surface area (Å²) in [4.78, 5) is 4.28. The molecule has 0 atom stereocenters. The van der Waals surface area contributed by atoms with Gasteiger partial charge in [0.15, 0.2) is 0 Å². The summed E-state index contributed by atoms with van der Waals surface area (Å²) in [6.45, 7) is 0.0255. The third-order valence-corrected chi connectivity index (χ3v) is 3.06. The highest BCUT2D eigenvalue weighted by Gasteiger charge is 2.05. The first-order valence-corrected chi connectivity index (χ1v) is 6.28. The van der Waals surface area contributed by atoms with Crippen molar-refractivity contribution in [2.45, 2.75) is 6.61 Å². The molecule has 3 N–H and O–H groups in total. The lowest BCUT2D eigenvalue weighted by Gasteiger charge is -2.09. The molecule has 0 saturated carbocycles. The summed E-state index contributed by atoms with van der Waals surface area (Å²) >= 11 is 0. The van der Waals surface area contributed by atoms with E-state index < -0.39 is 0 Å². The van der Waals surface area contributed by atoms with Gasteiger partial charge in [-0.05, 0) is 42.0 Å². The Labute approximate surface area is 116 Å². The van der Waals surface area contributed by atoms with Gasteiger partial charge in [-0.2, -0.15) is 0 Å². The lowest BCUT2D eigenvalue weighted by molar-refractivity contribution is 0.281. The number of rotatable bonds is 3. The van der Waals surface area contributed by atoms with Crippen LogP contribution in [-0.2, 0) is 6.61 Å². The van der Waals surface area contributed by atoms with Crippen LogP contribution in [0.4, 0.5) is 5.69 Å². The minimum Gasteiger partial charge on any atom is -0.457 e. The van der Waals surface area contributed by atoms with Crippen molar-refractivity contribution in [2.24, 2.45) is 0 Å². The van der Waals surface area contributed by atoms with Crippen LogP contribution >= 0.6 is 0 Å². The molecular formula is C16H14N2O2. The van der Waals surface area contributed by atoms with Gasteiger partial charge in [0, 0.05) is 17.3 Å². The topological polar surface area (TPSA) is 68.4 Å². The molecular weight excluding hydrogens is 252 g/mol. The van der Waals surface area contributed by atoms with Crippen LogP contribution in [0.3, 0.4) is 0 Å². The zero-order valence-electron chi connectivity index (χ0n) is 10.8. The Hall–Kier alpha value is -2.59. The van der Waals surface area contributed by atoms with Crippen LogP contribution in [0.15, 0.2) is 54.7 Å². The summed E-state index contributed by atoms with van der Waals surface area (Å²) in [6.07, 6.45) is 1.69. The van der Waals surface area contributed by atoms with Gasteiger partial charge in [0.25, 0.3) is 0 Å². The van der Waals surface area contributed by atoms with E-state index in [2.05, 4.69) is 4.98 Å². The second-order valence-electron chi connectivity index (χ2n) is 4.49. The molecule has 0 unspecified atom stereocenters. The second kappa shape index (κ2) is 5.19. The molecule has 0 aliphatic heterocycles. The van der Waals surface area contributed by atoms with Gasteiger partial charge in [-0.25, -0.2) is 0 Å². The summed E-state index contributed by atoms with van der Waals surface area (Å²) in [5.74, 6) is 1.44. The van der Waals surface area contributed by atoms with Crippen molar-refractivity contribution in [3.05, 3.63) is 60.3 Å². The molecule has 3 rings (SSSR count). The van der Waals surface area contributed by atoms with E-state index >= 15 is 0 Å². The number of aliphatic hydroxyl groups is 1. The van der Waals surface area contributed by atoms with E-state index in [9.17, 15) is 0 Å². The maximum Gasteiger partial charge on any atom is 0.138 e. The van der Waals surface area contributed by atoms with E-state index in [1.165, 1.54) is 0 Å². The van der Waals surface area contributed by atoms with Crippen molar-refractivity contribution in [3.63, 3.8) is 0 Å². The number of hydrogen-bond acceptors (Lipinski definition) is 4. The number of anilines is 1. The molecule has 0 radical (unpaired) electrons. The molecule has 4 nitrogen and oxygen atoms in total. The van der Waals surface area contributed by atoms with Gasteiger partial charge in [-0.15, -0.1) is 0 Å². The number of pyridine rings is 1. The number of fused-ring (bicyclic) bond motifs is 1. The van der Waals surface area contributed by atoms with Crippen molar-refractivity contribution in [2.75, 3.05) is 5.73 Å². The average molecular weight is 266 g/mol. The zero-order valence-corrected chi connectivity index (χ0v) is 10.8. The van der Waals surface area contributed by atoms with Crippen LogP contribution in [0.2, 0.25) is 0 Å². The number of nitrogens with zero attached hydrogens (tertiary/aromatic N) is 1. The number of nitrogens with two attached hydrogens (primary N) is 1. The molecule has 0 bridgehead atoms. The molecule has 4 heteroatoms. The van der Waals surface area contributed by atoms with E-state index in [0.717, 1.165) is 22.2 Å². The molecule has 100 valence electrons. The fourth-order valence-corrected chi connectivity index (χ4v) is 2.02. The van der Waals surface area contributed by atoms with Crippen LogP contribution in [0.5, 0.6) is 11.5 Å². The first-order chi connectivity index (χ1) is 9.76. The van der Waals surface area contributed by atoms with Gasteiger partial charge in [0.05, 0.1) is 12.1 Å². The second-order valence-corrected chi connectivity index (χ2v) is 4.49. The lowest BCUT2D eigenvalue weighted by atomic mass is 10.2. The SMILES string of the molecule is Nc1ccc2c(Oc3ccc(CO)cc3)ccnc2c1. The Bertz CT molecular complexity index is 739. The number of aromatic nitrogens is 1. The number of ether oxygens (including phenoxy) is 1. The minimum atomic E-state index is 0.0255. The number of nitrogen functional groups attached to an aromatic ring is 1. The van der Waals surface area contributed by atoms with Gasteiger partial charge in [-0.3, -0.25) is 4.98 Å². The van der Waals surface area contributed by atoms with Crippen LogP contribution in [0.1, 0.15) is 5.56 Å². The van der Waals surface area contributed by atoms with Gasteiger partial charge in [0.2, 0.25) is 0 Å². The highest BCUT2D eigenvalue weighted by Crippen LogP contribution is 2.29. The molecule has 0 spiro atoms. The first kappa shape index (κ1) is 12.4. The van der Waals surface area contributed by atoms with Crippen LogP contribution in [-0.4, -0.2) is 10.1 Å². The molecule has 3 aromatic rings. The van der Waals surface area contributed by atoms with E-state index in [0.29, 0.717) is 11.4 Å². The Balaban J connectivity index is 1.97. The maximum absolute atomic E-state index is 9.02. The smallest absolute Gasteiger partial charge is 0.138 e. The summed E-state index contributed by atoms with van der Waals surface area (Å²) < 4.78 is 5.87. The summed E-state index contributed by atoms with van der Waals surface area (Å²) in [5, 5.41) is 9.93. The Morgan fingerprint density at radius 3 is 2.60 bits per heavy atom. The number of hydrogen-bond donors (Lipinski definition) is 2. The molecule has 0 amide bonds. The fourth-order valence-electron chi connectivity index (χ4n) is 2.02. The van der Waals surface area contributed by atoms with Gasteiger partial charge >= 0.3 is 0 Å². The predicted molar refractivity (Wildman–Crippen MR) is 78.6 cm³/mol. The van der Waals surface area contributed by atoms with Crippen LogP contribution in [0, 0.1) is 0 Å². The molecule has 0 fully saturated rings. The molecule has 2 aromatic carbocycles. The molecule has 0 saturated heterocycles. The summed E-state index contributed by atoms with van der Waals surface area (Å²) in [5.41, 5.74) is 8.08. The van der Waals surface area contributed by atoms with Crippen LogP contribution in [0.25, 0.3) is 10.9 Å². The third kappa shape index (κ3) is 2.41. The highest BCUT2D eigenvalue weighted by molar-refractivity contribution is 5.87. The quantitative estimate of drug-likeness (QED) is 0.715. The van der Waals surface area contributed by atoms with Crippen molar-refractivity contribution < 1.29 is 9.84 Å². The largest absolute Gasteiger partial charge is 0.457 e. The average Bonchev–Trinajstić information content (AvgIpc) is 2.48. The summed E-state index contributed by atoms with van der Waals surface area (Å²) in [6, 6.07) is 14.7. The highest BCUT2D eigenvalue weighted by atomic mass is 16.5. The zero-order chi connectivity index (χ0) is 13.9. The van der Waals surface area contributed by atoms with Gasteiger partial charge in [-0.1, -0.05) is 12.1 Å². The van der Waals surface area contributed by atoms with Crippen molar-refractivity contribution in [3.8, 4) is 11.5 Å². The summed E-state index contributed by atoms with van der Waals surface area (Å²) in [7, 11) is 0. The van der Waals surface area contributed by atoms with Crippen LogP contribution < -0.4 is 10.5 Å². The van der Waals surface area contributed by atoms with E-state index in [-0.39, 0.29) is 6.61 Å². The van der Waals surface area contributed by atoms with E-state index in [1.807, 2.05) is 48.5 Å². The van der Waals surface area contributed by atoms with Crippen molar-refractivity contribution in [1.29, 1.82) is 0 Å². The number of benzene rings is 2. The van der Waals surface area contributed by atoms with Crippen molar-refractivity contribution >= 4 is 16.6 Å². The molecule has 0 aliphatic rings. The molecule has 1 heterocycles. The monoisotopic (exact) mass is 266 g/mol. The normalized spacial score (nSPS) is 10.7. The van der Waals surface area contributed by atoms with E-state index in [4.69, 9.17) is 15.6 Å². The predicted octanol–water partition coefficient (Wildman–Crippen LogP) is 3.10. The van der Waals surface area contributed by atoms with E-state index in [1.54, 1.807) is 6.20 Å². The Kier molecular flexibility index (Phi) is 3.23. The molecule has 20 heavy (non-hydrogen) atoms. The minimum absolute atomic E-state index is 0.0255. The standard InChI is InChI=1S/C16H14N2O2/c17-12-3-6-14-15(9-12)18-8-7-16(14)20-13-4-1-11(10-19)2-5-13/h1-9,19H,10,17H2. The Morgan fingerprint density at radius 2 is 1.85 bits per heavy atom. The first-order valence-electron chi connectivity index (χ1n) is 6.28. The third-order valence-electron chi connectivity index (χ3n) is 3.06. The Morgan fingerprint density at radius 1 is 1.05 bits per heavy atom. The van der Waals surface area contributed by atoms with Gasteiger partial charge < -0.3 is 15.6 Å². The molecule has 0 aliphatic carbocycles. The van der Waals surface area contributed by atoms with Gasteiger partial charge in [0.1, 0.15) is 11.5 Å². The fraction of sp³-hybridized carbons (Fsp3) is 0.0625. The molecule has 1 aromatic heterocycles. The lowest BCUT2D eigenvalue weighted by Crippen LogP contribution is -1.90. The maximum atomic E-state index is 9.02. The number of aliphatic hydroxyl groups excluding tert-OH is 1. The van der Waals surface area contributed by atoms with Crippen molar-refractivity contribution in [1.82, 2.24) is 4.98 Å².